The molecular weight excluding hydrogens is 340 g/mol. The second-order valence-electron chi connectivity index (χ2n) is 6.49. The number of benzene rings is 1. The highest BCUT2D eigenvalue weighted by atomic mass is 19.2. The van der Waals surface area contributed by atoms with Gasteiger partial charge in [-0.3, -0.25) is 14.6 Å². The highest BCUT2D eigenvalue weighted by Crippen LogP contribution is 2.19. The van der Waals surface area contributed by atoms with Crippen LogP contribution in [0.1, 0.15) is 40.6 Å². The van der Waals surface area contributed by atoms with E-state index in [4.69, 9.17) is 0 Å². The van der Waals surface area contributed by atoms with Gasteiger partial charge in [0.25, 0.3) is 11.8 Å². The van der Waals surface area contributed by atoms with Gasteiger partial charge in [-0.2, -0.15) is 0 Å². The molecule has 1 aliphatic heterocycles. The van der Waals surface area contributed by atoms with E-state index in [9.17, 15) is 18.4 Å². The lowest BCUT2D eigenvalue weighted by molar-refractivity contribution is 0.0697. The summed E-state index contributed by atoms with van der Waals surface area (Å²) in [5, 5.41) is 2.44. The van der Waals surface area contributed by atoms with Crippen LogP contribution in [0.3, 0.4) is 0 Å². The number of nitrogens with zero attached hydrogens (tertiary/aromatic N) is 2. The van der Waals surface area contributed by atoms with Crippen LogP contribution >= 0.6 is 0 Å². The Bertz CT molecular complexity index is 833. The number of rotatable bonds is 3. The lowest BCUT2D eigenvalue weighted by Crippen LogP contribution is -2.38. The number of nitrogens with one attached hydrogen (secondary N) is 1. The van der Waals surface area contributed by atoms with Crippen LogP contribution in [-0.4, -0.2) is 34.8 Å². The number of anilines is 1. The van der Waals surface area contributed by atoms with Gasteiger partial charge in [0.1, 0.15) is 5.69 Å². The number of aromatic nitrogens is 1. The van der Waals surface area contributed by atoms with Gasteiger partial charge in [0.05, 0.1) is 0 Å². The standard InChI is InChI=1S/C19H19F2N3O2/c1-12-5-8-24(9-6-12)19(26)13-4-7-22-17(10-13)18(25)23-14-2-3-15(20)16(21)11-14/h2-4,7,10-12H,5-6,8-9H2,1H3,(H,23,25). The fourth-order valence-corrected chi connectivity index (χ4v) is 2.85. The Kier molecular flexibility index (Phi) is 5.25. The van der Waals surface area contributed by atoms with E-state index in [1.807, 2.05) is 0 Å². The Morgan fingerprint density at radius 2 is 1.85 bits per heavy atom. The summed E-state index contributed by atoms with van der Waals surface area (Å²) in [4.78, 5) is 30.6. The summed E-state index contributed by atoms with van der Waals surface area (Å²) < 4.78 is 26.2. The Balaban J connectivity index is 1.72. The first-order valence-electron chi connectivity index (χ1n) is 8.46. The van der Waals surface area contributed by atoms with E-state index in [0.717, 1.165) is 25.0 Å². The van der Waals surface area contributed by atoms with Crippen molar-refractivity contribution in [2.24, 2.45) is 5.92 Å². The van der Waals surface area contributed by atoms with E-state index in [0.29, 0.717) is 24.6 Å². The molecule has 0 saturated carbocycles. The molecule has 1 fully saturated rings. The highest BCUT2D eigenvalue weighted by molar-refractivity contribution is 6.04. The average Bonchev–Trinajstić information content (AvgIpc) is 2.65. The third-order valence-corrected chi connectivity index (χ3v) is 4.49. The van der Waals surface area contributed by atoms with Gasteiger partial charge in [0.15, 0.2) is 11.6 Å². The maximum Gasteiger partial charge on any atom is 0.274 e. The number of carbonyl (C=O) groups excluding carboxylic acids is 2. The number of halogens is 2. The molecule has 0 spiro atoms. The molecule has 0 bridgehead atoms. The minimum Gasteiger partial charge on any atom is -0.339 e. The summed E-state index contributed by atoms with van der Waals surface area (Å²) in [7, 11) is 0. The zero-order valence-electron chi connectivity index (χ0n) is 14.3. The van der Waals surface area contributed by atoms with E-state index in [2.05, 4.69) is 17.2 Å². The van der Waals surface area contributed by atoms with Gasteiger partial charge in [-0.15, -0.1) is 0 Å². The average molecular weight is 359 g/mol. The molecule has 7 heteroatoms. The molecule has 1 N–H and O–H groups in total. The smallest absolute Gasteiger partial charge is 0.274 e. The maximum atomic E-state index is 13.2. The summed E-state index contributed by atoms with van der Waals surface area (Å²) in [5.74, 6) is -2.18. The molecule has 1 aliphatic rings. The van der Waals surface area contributed by atoms with E-state index >= 15 is 0 Å². The Labute approximate surface area is 150 Å². The molecule has 0 aliphatic carbocycles. The second-order valence-corrected chi connectivity index (χ2v) is 6.49. The van der Waals surface area contributed by atoms with Crippen LogP contribution in [0, 0.1) is 17.6 Å². The second kappa shape index (κ2) is 7.59. The van der Waals surface area contributed by atoms with Gasteiger partial charge in [-0.25, -0.2) is 8.78 Å². The molecule has 0 unspecified atom stereocenters. The van der Waals surface area contributed by atoms with E-state index in [1.165, 1.54) is 18.3 Å². The van der Waals surface area contributed by atoms with Gasteiger partial charge >= 0.3 is 0 Å². The fraction of sp³-hybridized carbons (Fsp3) is 0.316. The van der Waals surface area contributed by atoms with Crippen LogP contribution in [0.25, 0.3) is 0 Å². The van der Waals surface area contributed by atoms with Crippen LogP contribution < -0.4 is 5.32 Å². The van der Waals surface area contributed by atoms with Gasteiger partial charge < -0.3 is 10.2 Å². The number of likely N-dealkylation sites (tertiary alicyclic amines) is 1. The SMILES string of the molecule is CC1CCN(C(=O)c2ccnc(C(=O)Nc3ccc(F)c(F)c3)c2)CC1. The molecule has 136 valence electrons. The summed E-state index contributed by atoms with van der Waals surface area (Å²) >= 11 is 0. The van der Waals surface area contributed by atoms with Crippen molar-refractivity contribution < 1.29 is 18.4 Å². The van der Waals surface area contributed by atoms with E-state index in [-0.39, 0.29) is 17.3 Å². The summed E-state index contributed by atoms with van der Waals surface area (Å²) in [6.45, 7) is 3.55. The summed E-state index contributed by atoms with van der Waals surface area (Å²) in [5.41, 5.74) is 0.522. The van der Waals surface area contributed by atoms with Crippen LogP contribution in [0.4, 0.5) is 14.5 Å². The molecule has 1 saturated heterocycles. The Hall–Kier alpha value is -2.83. The van der Waals surface area contributed by atoms with E-state index in [1.54, 1.807) is 11.0 Å². The predicted molar refractivity (Wildman–Crippen MR) is 92.8 cm³/mol. The maximum absolute atomic E-state index is 13.2. The van der Waals surface area contributed by atoms with Gasteiger partial charge in [-0.1, -0.05) is 6.92 Å². The largest absolute Gasteiger partial charge is 0.339 e. The predicted octanol–water partition coefficient (Wildman–Crippen LogP) is 3.48. The van der Waals surface area contributed by atoms with Crippen LogP contribution in [0.15, 0.2) is 36.5 Å². The quantitative estimate of drug-likeness (QED) is 0.913. The Morgan fingerprint density at radius 3 is 2.54 bits per heavy atom. The number of pyridine rings is 1. The van der Waals surface area contributed by atoms with Gasteiger partial charge in [-0.05, 0) is 43.0 Å². The van der Waals surface area contributed by atoms with Crippen molar-refractivity contribution in [3.63, 3.8) is 0 Å². The number of hydrogen-bond donors (Lipinski definition) is 1. The third-order valence-electron chi connectivity index (χ3n) is 4.49. The molecule has 0 atom stereocenters. The number of piperidine rings is 1. The third kappa shape index (κ3) is 4.04. The molecule has 2 aromatic rings. The van der Waals surface area contributed by atoms with Gasteiger partial charge in [0.2, 0.25) is 0 Å². The molecule has 0 radical (unpaired) electrons. The van der Waals surface area contributed by atoms with Crippen LogP contribution in [0.5, 0.6) is 0 Å². The van der Waals surface area contributed by atoms with Gasteiger partial charge in [0, 0.05) is 36.6 Å². The Morgan fingerprint density at radius 1 is 1.12 bits per heavy atom. The number of carbonyl (C=O) groups is 2. The minimum atomic E-state index is -1.06. The number of hydrogen-bond acceptors (Lipinski definition) is 3. The topological polar surface area (TPSA) is 62.3 Å². The zero-order chi connectivity index (χ0) is 18.7. The van der Waals surface area contributed by atoms with Crippen LogP contribution in [0.2, 0.25) is 0 Å². The minimum absolute atomic E-state index is 0.0333. The fourth-order valence-electron chi connectivity index (χ4n) is 2.85. The summed E-state index contributed by atoms with van der Waals surface area (Å²) in [6.07, 6.45) is 3.31. The normalized spacial score (nSPS) is 15.0. The van der Waals surface area contributed by atoms with E-state index < -0.39 is 17.5 Å². The van der Waals surface area contributed by atoms with Crippen molar-refractivity contribution in [1.29, 1.82) is 0 Å². The van der Waals surface area contributed by atoms with Crippen molar-refractivity contribution in [2.75, 3.05) is 18.4 Å². The molecule has 1 aromatic carbocycles. The van der Waals surface area contributed by atoms with Crippen molar-refractivity contribution in [3.8, 4) is 0 Å². The van der Waals surface area contributed by atoms with Crippen molar-refractivity contribution in [3.05, 3.63) is 59.4 Å². The first kappa shape index (κ1) is 18.0. The first-order chi connectivity index (χ1) is 12.4. The molecule has 2 amide bonds. The highest BCUT2D eigenvalue weighted by Gasteiger charge is 2.22. The molecule has 2 heterocycles. The van der Waals surface area contributed by atoms with Crippen LogP contribution in [-0.2, 0) is 0 Å². The zero-order valence-corrected chi connectivity index (χ0v) is 14.3. The van der Waals surface area contributed by atoms with Crippen molar-refractivity contribution in [2.45, 2.75) is 19.8 Å². The van der Waals surface area contributed by atoms with Crippen molar-refractivity contribution in [1.82, 2.24) is 9.88 Å². The number of amides is 2. The first-order valence-corrected chi connectivity index (χ1v) is 8.46. The lowest BCUT2D eigenvalue weighted by atomic mass is 9.98. The summed E-state index contributed by atoms with van der Waals surface area (Å²) in [6, 6.07) is 6.04. The monoisotopic (exact) mass is 359 g/mol. The molecule has 1 aromatic heterocycles. The molecular formula is C19H19F2N3O2. The molecule has 26 heavy (non-hydrogen) atoms. The lowest BCUT2D eigenvalue weighted by Gasteiger charge is -2.30. The van der Waals surface area contributed by atoms with Crippen molar-refractivity contribution >= 4 is 17.5 Å². The molecule has 5 nitrogen and oxygen atoms in total. The molecule has 3 rings (SSSR count).